The van der Waals surface area contributed by atoms with Crippen molar-refractivity contribution < 1.29 is 32.2 Å². The molecule has 0 aliphatic rings. The Morgan fingerprint density at radius 1 is 0.852 bits per heavy atom. The van der Waals surface area contributed by atoms with Gasteiger partial charge in [-0.1, -0.05) is 0 Å². The van der Waals surface area contributed by atoms with Gasteiger partial charge in [0, 0.05) is 17.7 Å². The van der Waals surface area contributed by atoms with Crippen molar-refractivity contribution in [3.63, 3.8) is 0 Å². The lowest BCUT2D eigenvalue weighted by Crippen LogP contribution is -2.16. The number of Topliss-reactive ketones (excluding diaryl/α,β-unsaturated/α-hetero) is 1. The Morgan fingerprint density at radius 2 is 1.44 bits per heavy atom. The van der Waals surface area contributed by atoms with Crippen LogP contribution in [0.15, 0.2) is 35.2 Å². The van der Waals surface area contributed by atoms with E-state index in [2.05, 4.69) is 4.72 Å². The third-order valence-electron chi connectivity index (χ3n) is 3.81. The molecule has 0 fully saturated rings. The van der Waals surface area contributed by atoms with Gasteiger partial charge in [0.1, 0.15) is 16.4 Å². The van der Waals surface area contributed by atoms with Crippen molar-refractivity contribution in [3.8, 4) is 23.0 Å². The van der Waals surface area contributed by atoms with E-state index < -0.39 is 10.0 Å². The summed E-state index contributed by atoms with van der Waals surface area (Å²) in [6, 6.07) is 7.19. The first-order chi connectivity index (χ1) is 12.8. The third-order valence-corrected chi connectivity index (χ3v) is 5.19. The maximum atomic E-state index is 12.9. The predicted octanol–water partition coefficient (Wildman–Crippen LogP) is 2.72. The summed E-state index contributed by atoms with van der Waals surface area (Å²) < 4.78 is 48.9. The van der Waals surface area contributed by atoms with Gasteiger partial charge in [-0.15, -0.1) is 0 Å². The van der Waals surface area contributed by atoms with Gasteiger partial charge in [0.15, 0.2) is 17.3 Å². The van der Waals surface area contributed by atoms with Gasteiger partial charge in [0.25, 0.3) is 10.0 Å². The first-order valence-corrected chi connectivity index (χ1v) is 9.27. The van der Waals surface area contributed by atoms with E-state index in [1.54, 1.807) is 6.07 Å². The van der Waals surface area contributed by atoms with Crippen LogP contribution >= 0.6 is 0 Å². The molecule has 0 radical (unpaired) electrons. The summed E-state index contributed by atoms with van der Waals surface area (Å²) in [4.78, 5) is 11.9. The van der Waals surface area contributed by atoms with Gasteiger partial charge >= 0.3 is 0 Å². The predicted molar refractivity (Wildman–Crippen MR) is 99.9 cm³/mol. The maximum Gasteiger partial charge on any atom is 0.265 e. The van der Waals surface area contributed by atoms with Crippen LogP contribution in [0.3, 0.4) is 0 Å². The molecule has 0 aliphatic carbocycles. The van der Waals surface area contributed by atoms with E-state index in [0.29, 0.717) is 11.5 Å². The fraction of sp³-hybridized carbons (Fsp3) is 0.278. The molecule has 0 atom stereocenters. The van der Waals surface area contributed by atoms with E-state index in [9.17, 15) is 13.2 Å². The number of carbonyl (C=O) groups excluding carboxylic acids is 1. The van der Waals surface area contributed by atoms with E-state index in [4.69, 9.17) is 18.9 Å². The summed E-state index contributed by atoms with van der Waals surface area (Å²) in [6.07, 6.45) is 0. The van der Waals surface area contributed by atoms with Gasteiger partial charge in [-0.05, 0) is 25.1 Å². The van der Waals surface area contributed by atoms with Crippen LogP contribution in [0.1, 0.15) is 17.3 Å². The SMILES string of the molecule is COc1ccc(OC)c(S(=O)(=O)Nc2cc(OC)c(OC)cc2C(C)=O)c1. The largest absolute Gasteiger partial charge is 0.497 e. The van der Waals surface area contributed by atoms with Crippen molar-refractivity contribution in [3.05, 3.63) is 35.9 Å². The Labute approximate surface area is 158 Å². The van der Waals surface area contributed by atoms with Crippen LogP contribution in [-0.2, 0) is 10.0 Å². The Morgan fingerprint density at radius 3 is 1.96 bits per heavy atom. The quantitative estimate of drug-likeness (QED) is 0.686. The Balaban J connectivity index is 2.60. The Bertz CT molecular complexity index is 954. The topological polar surface area (TPSA) is 100 Å². The maximum absolute atomic E-state index is 12.9. The lowest BCUT2D eigenvalue weighted by Gasteiger charge is -2.16. The second-order valence-corrected chi connectivity index (χ2v) is 7.08. The Hall–Kier alpha value is -2.94. The number of carbonyl (C=O) groups is 1. The zero-order valence-electron chi connectivity index (χ0n) is 15.7. The van der Waals surface area contributed by atoms with Crippen molar-refractivity contribution in [1.29, 1.82) is 0 Å². The normalized spacial score (nSPS) is 10.9. The molecule has 2 aromatic carbocycles. The van der Waals surface area contributed by atoms with E-state index in [0.717, 1.165) is 0 Å². The molecule has 0 unspecified atom stereocenters. The number of anilines is 1. The highest BCUT2D eigenvalue weighted by atomic mass is 32.2. The number of sulfonamides is 1. The number of ether oxygens (including phenoxy) is 4. The number of benzene rings is 2. The number of rotatable bonds is 8. The third kappa shape index (κ3) is 4.25. The highest BCUT2D eigenvalue weighted by Crippen LogP contribution is 2.36. The molecule has 0 saturated carbocycles. The standard InChI is InChI=1S/C18H21NO7S/c1-11(20)13-9-16(25-4)17(26-5)10-14(13)19-27(21,22)18-8-12(23-2)6-7-15(18)24-3/h6-10,19H,1-5H3. The number of methoxy groups -OCH3 is 4. The average Bonchev–Trinajstić information content (AvgIpc) is 2.66. The van der Waals surface area contributed by atoms with Crippen molar-refractivity contribution in [2.75, 3.05) is 33.2 Å². The van der Waals surface area contributed by atoms with E-state index in [1.807, 2.05) is 0 Å². The van der Waals surface area contributed by atoms with Crippen LogP contribution in [0.25, 0.3) is 0 Å². The lowest BCUT2D eigenvalue weighted by atomic mass is 10.1. The summed E-state index contributed by atoms with van der Waals surface area (Å²) in [5, 5.41) is 0. The molecule has 0 spiro atoms. The molecule has 2 rings (SSSR count). The molecule has 9 heteroatoms. The monoisotopic (exact) mass is 395 g/mol. The minimum Gasteiger partial charge on any atom is -0.497 e. The Kier molecular flexibility index (Phi) is 6.17. The second-order valence-electron chi connectivity index (χ2n) is 5.43. The van der Waals surface area contributed by atoms with Crippen molar-refractivity contribution >= 4 is 21.5 Å². The molecule has 2 aromatic rings. The fourth-order valence-electron chi connectivity index (χ4n) is 2.45. The first-order valence-electron chi connectivity index (χ1n) is 7.79. The summed E-state index contributed by atoms with van der Waals surface area (Å²) in [5.74, 6) is 0.720. The summed E-state index contributed by atoms with van der Waals surface area (Å²) >= 11 is 0. The van der Waals surface area contributed by atoms with Gasteiger partial charge in [-0.3, -0.25) is 9.52 Å². The van der Waals surface area contributed by atoms with Gasteiger partial charge < -0.3 is 18.9 Å². The number of hydrogen-bond donors (Lipinski definition) is 1. The van der Waals surface area contributed by atoms with Crippen LogP contribution in [0, 0.1) is 0 Å². The van der Waals surface area contributed by atoms with Gasteiger partial charge in [0.2, 0.25) is 0 Å². The summed E-state index contributed by atoms with van der Waals surface area (Å²) in [5.41, 5.74) is 0.197. The first kappa shape index (κ1) is 20.4. The molecule has 8 nitrogen and oxygen atoms in total. The molecule has 1 N–H and O–H groups in total. The number of ketones is 1. The van der Waals surface area contributed by atoms with Gasteiger partial charge in [0.05, 0.1) is 34.1 Å². The molecule has 0 amide bonds. The molecule has 0 bridgehead atoms. The van der Waals surface area contributed by atoms with Gasteiger partial charge in [-0.25, -0.2) is 8.42 Å². The molecular formula is C18H21NO7S. The smallest absolute Gasteiger partial charge is 0.265 e. The molecular weight excluding hydrogens is 374 g/mol. The van der Waals surface area contributed by atoms with Crippen LogP contribution in [0.5, 0.6) is 23.0 Å². The van der Waals surface area contributed by atoms with E-state index >= 15 is 0 Å². The molecule has 0 heterocycles. The second kappa shape index (κ2) is 8.17. The zero-order chi connectivity index (χ0) is 20.2. The number of nitrogens with one attached hydrogen (secondary N) is 1. The van der Waals surface area contributed by atoms with E-state index in [1.165, 1.54) is 59.6 Å². The minimum absolute atomic E-state index is 0.0602. The highest BCUT2D eigenvalue weighted by molar-refractivity contribution is 7.92. The zero-order valence-corrected chi connectivity index (χ0v) is 16.5. The average molecular weight is 395 g/mol. The van der Waals surface area contributed by atoms with Gasteiger partial charge in [-0.2, -0.15) is 0 Å². The fourth-order valence-corrected chi connectivity index (χ4v) is 3.70. The highest BCUT2D eigenvalue weighted by Gasteiger charge is 2.24. The molecule has 0 saturated heterocycles. The summed E-state index contributed by atoms with van der Waals surface area (Å²) in [7, 11) is 1.53. The molecule has 0 aromatic heterocycles. The van der Waals surface area contributed by atoms with Crippen LogP contribution in [-0.4, -0.2) is 42.6 Å². The van der Waals surface area contributed by atoms with Crippen molar-refractivity contribution in [2.24, 2.45) is 0 Å². The lowest BCUT2D eigenvalue weighted by molar-refractivity contribution is 0.101. The van der Waals surface area contributed by atoms with Crippen molar-refractivity contribution in [2.45, 2.75) is 11.8 Å². The minimum atomic E-state index is -4.09. The van der Waals surface area contributed by atoms with Crippen LogP contribution < -0.4 is 23.7 Å². The molecule has 146 valence electrons. The van der Waals surface area contributed by atoms with E-state index in [-0.39, 0.29) is 33.4 Å². The summed E-state index contributed by atoms with van der Waals surface area (Å²) in [6.45, 7) is 1.32. The molecule has 27 heavy (non-hydrogen) atoms. The number of hydrogen-bond acceptors (Lipinski definition) is 7. The van der Waals surface area contributed by atoms with Crippen molar-refractivity contribution in [1.82, 2.24) is 0 Å². The molecule has 0 aliphatic heterocycles. The van der Waals surface area contributed by atoms with Crippen LogP contribution in [0.4, 0.5) is 5.69 Å². The van der Waals surface area contributed by atoms with Crippen LogP contribution in [0.2, 0.25) is 0 Å².